The monoisotopic (exact) mass is 183 g/mol. The van der Waals surface area contributed by atoms with Gasteiger partial charge in [-0.25, -0.2) is 4.57 Å². The van der Waals surface area contributed by atoms with E-state index in [1.165, 1.54) is 0 Å². The minimum Gasteiger partial charge on any atom is -0.305 e. The van der Waals surface area contributed by atoms with E-state index in [9.17, 15) is 4.57 Å². The van der Waals surface area contributed by atoms with E-state index in [1.54, 1.807) is 0 Å². The Morgan fingerprint density at radius 2 is 2.08 bits per heavy atom. The van der Waals surface area contributed by atoms with Crippen LogP contribution in [0.5, 0.6) is 0 Å². The van der Waals surface area contributed by atoms with Crippen LogP contribution < -0.4 is 5.73 Å². The molecule has 2 N–H and O–H groups in total. The maximum absolute atomic E-state index is 10.0. The molecule has 0 heterocycles. The maximum atomic E-state index is 10.0. The summed E-state index contributed by atoms with van der Waals surface area (Å²) in [7, 11) is -0.366. The molecule has 1 rings (SSSR count). The molecule has 0 radical (unpaired) electrons. The number of hydrogen-bond donors (Lipinski definition) is 1. The molecule has 0 saturated carbocycles. The zero-order valence-corrected chi connectivity index (χ0v) is 7.41. The Labute approximate surface area is 72.8 Å². The topological polar surface area (TPSA) is 52.3 Å². The van der Waals surface area contributed by atoms with Crippen LogP contribution in [0.25, 0.3) is 0 Å². The van der Waals surface area contributed by atoms with Crippen molar-refractivity contribution in [2.45, 2.75) is 12.6 Å². The fraction of sp³-hybridized carbons (Fsp3) is 0.250. The molecular formula is C8H10NO2P. The third kappa shape index (κ3) is 3.09. The van der Waals surface area contributed by atoms with Gasteiger partial charge in [-0.2, -0.15) is 0 Å². The Bertz CT molecular complexity index is 240. The zero-order chi connectivity index (χ0) is 8.81. The van der Waals surface area contributed by atoms with Gasteiger partial charge >= 0.3 is 8.69 Å². The van der Waals surface area contributed by atoms with Gasteiger partial charge in [0.25, 0.3) is 0 Å². The summed E-state index contributed by atoms with van der Waals surface area (Å²) < 4.78 is 14.6. The Morgan fingerprint density at radius 1 is 1.42 bits per heavy atom. The normalized spacial score (nSPS) is 13.1. The van der Waals surface area contributed by atoms with Gasteiger partial charge in [0.2, 0.25) is 0 Å². The lowest BCUT2D eigenvalue weighted by Gasteiger charge is -2.06. The number of nitrogens with two attached hydrogens (primary N) is 1. The Hall–Kier alpha value is -0.760. The molecule has 0 fully saturated rings. The van der Waals surface area contributed by atoms with Crippen LogP contribution in [0.2, 0.25) is 0 Å². The van der Waals surface area contributed by atoms with E-state index in [0.29, 0.717) is 6.42 Å². The van der Waals surface area contributed by atoms with E-state index >= 15 is 0 Å². The van der Waals surface area contributed by atoms with Crippen LogP contribution in [0.4, 0.5) is 0 Å². The predicted octanol–water partition coefficient (Wildman–Crippen LogP) is 1.74. The molecule has 0 spiro atoms. The van der Waals surface area contributed by atoms with Gasteiger partial charge in [-0.3, -0.25) is 4.52 Å². The van der Waals surface area contributed by atoms with Crippen LogP contribution >= 0.6 is 8.69 Å². The number of hydrogen-bond acceptors (Lipinski definition) is 3. The summed E-state index contributed by atoms with van der Waals surface area (Å²) in [6, 6.07) is 9.69. The molecule has 0 aliphatic heterocycles. The van der Waals surface area contributed by atoms with E-state index in [0.717, 1.165) is 5.56 Å². The second-order valence-electron chi connectivity index (χ2n) is 2.41. The highest BCUT2D eigenvalue weighted by molar-refractivity contribution is 7.17. The highest BCUT2D eigenvalue weighted by atomic mass is 31.1. The van der Waals surface area contributed by atoms with Crippen molar-refractivity contribution in [1.82, 2.24) is 0 Å². The SMILES string of the molecule is N[C@@H](Cc1ccccc1)OP=O. The Morgan fingerprint density at radius 3 is 2.67 bits per heavy atom. The molecule has 1 aromatic carbocycles. The second-order valence-corrected chi connectivity index (χ2v) is 2.77. The van der Waals surface area contributed by atoms with Crippen molar-refractivity contribution in [3.8, 4) is 0 Å². The summed E-state index contributed by atoms with van der Waals surface area (Å²) in [4.78, 5) is 0. The van der Waals surface area contributed by atoms with Gasteiger partial charge in [0.15, 0.2) is 0 Å². The van der Waals surface area contributed by atoms with Gasteiger partial charge in [-0.05, 0) is 5.56 Å². The standard InChI is InChI=1S/C8H10NO2P/c9-8(11-12-10)6-7-4-2-1-3-5-7/h1-5,8H,6,9H2/t8-/m1/s1. The van der Waals surface area contributed by atoms with E-state index in [4.69, 9.17) is 5.73 Å². The summed E-state index contributed by atoms with van der Waals surface area (Å²) in [5, 5.41) is 0. The third-order valence-electron chi connectivity index (χ3n) is 1.46. The quantitative estimate of drug-likeness (QED) is 0.571. The van der Waals surface area contributed by atoms with Crippen molar-refractivity contribution in [3.63, 3.8) is 0 Å². The van der Waals surface area contributed by atoms with Gasteiger partial charge in [-0.15, -0.1) is 0 Å². The minimum absolute atomic E-state index is 0.366. The van der Waals surface area contributed by atoms with Crippen LogP contribution in [0.15, 0.2) is 30.3 Å². The molecule has 0 aromatic heterocycles. The summed E-state index contributed by atoms with van der Waals surface area (Å²) in [5.74, 6) is 0. The molecule has 0 saturated heterocycles. The van der Waals surface area contributed by atoms with Crippen LogP contribution in [-0.4, -0.2) is 6.23 Å². The van der Waals surface area contributed by atoms with Gasteiger partial charge in [-0.1, -0.05) is 30.3 Å². The van der Waals surface area contributed by atoms with E-state index in [-0.39, 0.29) is 8.69 Å². The van der Waals surface area contributed by atoms with Crippen LogP contribution in [0.1, 0.15) is 5.56 Å². The summed E-state index contributed by atoms with van der Waals surface area (Å²) in [6.45, 7) is 0. The largest absolute Gasteiger partial charge is 0.328 e. The molecule has 0 aliphatic rings. The fourth-order valence-corrected chi connectivity index (χ4v) is 1.12. The van der Waals surface area contributed by atoms with E-state index in [1.807, 2.05) is 30.3 Å². The first kappa shape index (κ1) is 9.33. The molecule has 4 heteroatoms. The van der Waals surface area contributed by atoms with Crippen molar-refractivity contribution in [3.05, 3.63) is 35.9 Å². The van der Waals surface area contributed by atoms with Gasteiger partial charge < -0.3 is 5.73 Å². The highest BCUT2D eigenvalue weighted by Gasteiger charge is 2.02. The van der Waals surface area contributed by atoms with Crippen molar-refractivity contribution >= 4 is 8.69 Å². The lowest BCUT2D eigenvalue weighted by Crippen LogP contribution is -2.22. The molecular weight excluding hydrogens is 173 g/mol. The molecule has 12 heavy (non-hydrogen) atoms. The Kier molecular flexibility index (Phi) is 3.88. The average molecular weight is 183 g/mol. The molecule has 64 valence electrons. The van der Waals surface area contributed by atoms with Gasteiger partial charge in [0, 0.05) is 6.42 Å². The lowest BCUT2D eigenvalue weighted by molar-refractivity contribution is 0.232. The molecule has 1 atom stereocenters. The third-order valence-corrected chi connectivity index (χ3v) is 1.81. The summed E-state index contributed by atoms with van der Waals surface area (Å²) in [5.41, 5.74) is 6.56. The van der Waals surface area contributed by atoms with Crippen LogP contribution in [0, 0.1) is 0 Å². The van der Waals surface area contributed by atoms with Crippen molar-refractivity contribution in [2.75, 3.05) is 0 Å². The minimum atomic E-state index is -0.494. The lowest BCUT2D eigenvalue weighted by atomic mass is 10.1. The summed E-state index contributed by atoms with van der Waals surface area (Å²) >= 11 is 0. The van der Waals surface area contributed by atoms with Crippen molar-refractivity contribution in [2.24, 2.45) is 5.73 Å². The number of benzene rings is 1. The first-order valence-corrected chi connectivity index (χ1v) is 4.34. The smallest absolute Gasteiger partial charge is 0.305 e. The molecule has 0 aliphatic carbocycles. The zero-order valence-electron chi connectivity index (χ0n) is 6.51. The molecule has 1 aromatic rings. The second kappa shape index (κ2) is 4.99. The first-order chi connectivity index (χ1) is 5.83. The maximum Gasteiger partial charge on any atom is 0.328 e. The first-order valence-electron chi connectivity index (χ1n) is 3.61. The number of rotatable bonds is 4. The average Bonchev–Trinajstić information content (AvgIpc) is 2.06. The van der Waals surface area contributed by atoms with E-state index in [2.05, 4.69) is 4.52 Å². The van der Waals surface area contributed by atoms with Crippen molar-refractivity contribution in [1.29, 1.82) is 0 Å². The summed E-state index contributed by atoms with van der Waals surface area (Å²) in [6.07, 6.45) is 0.0855. The van der Waals surface area contributed by atoms with Gasteiger partial charge in [0.05, 0.1) is 0 Å². The predicted molar refractivity (Wildman–Crippen MR) is 46.8 cm³/mol. The van der Waals surface area contributed by atoms with Gasteiger partial charge in [0.1, 0.15) is 6.23 Å². The van der Waals surface area contributed by atoms with E-state index < -0.39 is 6.23 Å². The molecule has 0 amide bonds. The Balaban J connectivity index is 2.46. The fourth-order valence-electron chi connectivity index (χ4n) is 0.939. The molecule has 0 bridgehead atoms. The van der Waals surface area contributed by atoms with Crippen LogP contribution in [-0.2, 0) is 15.5 Å². The molecule has 3 nitrogen and oxygen atoms in total. The van der Waals surface area contributed by atoms with Crippen LogP contribution in [0.3, 0.4) is 0 Å². The highest BCUT2D eigenvalue weighted by Crippen LogP contribution is 2.06. The molecule has 0 unspecified atom stereocenters. The van der Waals surface area contributed by atoms with Crippen molar-refractivity contribution < 1.29 is 9.09 Å².